The quantitative estimate of drug-likeness (QED) is 0.692. The topological polar surface area (TPSA) is 80.1 Å². The zero-order valence-electron chi connectivity index (χ0n) is 16.3. The first-order valence-electron chi connectivity index (χ1n) is 10.3. The largest absolute Gasteiger partial charge is 0.345 e. The fourth-order valence-electron chi connectivity index (χ4n) is 4.50. The van der Waals surface area contributed by atoms with Gasteiger partial charge in [-0.2, -0.15) is 5.10 Å². The molecule has 154 valence electrons. The van der Waals surface area contributed by atoms with Gasteiger partial charge in [-0.1, -0.05) is 6.42 Å². The van der Waals surface area contributed by atoms with Crippen molar-refractivity contribution in [3.8, 4) is 5.69 Å². The van der Waals surface area contributed by atoms with Gasteiger partial charge in [0.1, 0.15) is 0 Å². The number of alkyl halides is 1. The van der Waals surface area contributed by atoms with Gasteiger partial charge in [-0.3, -0.25) is 19.0 Å². The molecule has 0 spiro atoms. The molecule has 2 bridgehead atoms. The Balaban J connectivity index is 1.36. The number of hydrogen-bond donors (Lipinski definition) is 1. The van der Waals surface area contributed by atoms with Crippen LogP contribution in [0.1, 0.15) is 49.0 Å². The van der Waals surface area contributed by atoms with E-state index in [1.54, 1.807) is 29.3 Å². The molecule has 1 N–H and O–H groups in total. The highest BCUT2D eigenvalue weighted by Crippen LogP contribution is 2.38. The highest BCUT2D eigenvalue weighted by Gasteiger charge is 2.49. The lowest BCUT2D eigenvalue weighted by molar-refractivity contribution is -0.133. The molecule has 2 fully saturated rings. The maximum absolute atomic E-state index is 12.7. The number of unbranched alkanes of at least 4 members (excludes halogenated alkanes) is 2. The van der Waals surface area contributed by atoms with E-state index in [-0.39, 0.29) is 30.6 Å². The fraction of sp³-hybridized carbons (Fsp3) is 0.524. The SMILES string of the molecule is O=C(N[C@H]1[C@H]2CC[C@@H]1N(C(=O)CCCCCF)C2)c1ccn(-c2cccnc2)n1. The predicted octanol–water partition coefficient (Wildman–Crippen LogP) is 2.52. The zero-order chi connectivity index (χ0) is 20.2. The summed E-state index contributed by atoms with van der Waals surface area (Å²) in [5.41, 5.74) is 1.14. The van der Waals surface area contributed by atoms with Crippen molar-refractivity contribution in [3.63, 3.8) is 0 Å². The lowest BCUT2D eigenvalue weighted by atomic mass is 10.1. The molecular formula is C21H26FN5O2. The van der Waals surface area contributed by atoms with Crippen LogP contribution in [-0.2, 0) is 4.79 Å². The molecule has 2 aromatic heterocycles. The Kier molecular flexibility index (Phi) is 5.87. The fourth-order valence-corrected chi connectivity index (χ4v) is 4.50. The molecule has 29 heavy (non-hydrogen) atoms. The van der Waals surface area contributed by atoms with Gasteiger partial charge in [0.2, 0.25) is 5.91 Å². The van der Waals surface area contributed by atoms with E-state index in [9.17, 15) is 14.0 Å². The number of hydrogen-bond acceptors (Lipinski definition) is 4. The van der Waals surface area contributed by atoms with Gasteiger partial charge < -0.3 is 10.2 Å². The van der Waals surface area contributed by atoms with E-state index in [1.807, 2.05) is 17.0 Å². The average molecular weight is 399 g/mol. The van der Waals surface area contributed by atoms with Crippen LogP contribution < -0.4 is 5.32 Å². The van der Waals surface area contributed by atoms with Crippen LogP contribution in [-0.4, -0.2) is 56.8 Å². The minimum Gasteiger partial charge on any atom is -0.345 e. The van der Waals surface area contributed by atoms with Crippen molar-refractivity contribution in [1.82, 2.24) is 25.0 Å². The third-order valence-electron chi connectivity index (χ3n) is 5.96. The number of rotatable bonds is 8. The number of likely N-dealkylation sites (tertiary alicyclic amines) is 1. The summed E-state index contributed by atoms with van der Waals surface area (Å²) in [5.74, 6) is 0.196. The van der Waals surface area contributed by atoms with Gasteiger partial charge in [-0.05, 0) is 49.8 Å². The molecule has 0 radical (unpaired) electrons. The summed E-state index contributed by atoms with van der Waals surface area (Å²) in [6.45, 7) is 0.370. The van der Waals surface area contributed by atoms with Crippen LogP contribution in [0.25, 0.3) is 5.69 Å². The summed E-state index contributed by atoms with van der Waals surface area (Å²) in [4.78, 5) is 31.3. The number of halogens is 1. The lowest BCUT2D eigenvalue weighted by Crippen LogP contribution is -2.45. The van der Waals surface area contributed by atoms with E-state index in [0.717, 1.165) is 31.4 Å². The minimum absolute atomic E-state index is 0.0270. The summed E-state index contributed by atoms with van der Waals surface area (Å²) >= 11 is 0. The highest BCUT2D eigenvalue weighted by atomic mass is 19.1. The predicted molar refractivity (Wildman–Crippen MR) is 105 cm³/mol. The van der Waals surface area contributed by atoms with Gasteiger partial charge in [0.15, 0.2) is 5.69 Å². The second kappa shape index (κ2) is 8.71. The summed E-state index contributed by atoms with van der Waals surface area (Å²) in [5, 5.41) is 7.47. The number of carbonyl (C=O) groups is 2. The Morgan fingerprint density at radius 1 is 1.21 bits per heavy atom. The number of nitrogens with one attached hydrogen (secondary N) is 1. The number of piperidine rings is 1. The number of nitrogens with zero attached hydrogens (tertiary/aromatic N) is 4. The van der Waals surface area contributed by atoms with E-state index in [4.69, 9.17) is 0 Å². The smallest absolute Gasteiger partial charge is 0.272 e. The number of carbonyl (C=O) groups excluding carboxylic acids is 2. The van der Waals surface area contributed by atoms with Crippen molar-refractivity contribution in [3.05, 3.63) is 42.5 Å². The molecule has 0 aromatic carbocycles. The lowest BCUT2D eigenvalue weighted by Gasteiger charge is -2.27. The second-order valence-electron chi connectivity index (χ2n) is 7.81. The van der Waals surface area contributed by atoms with E-state index < -0.39 is 0 Å². The molecule has 8 heteroatoms. The standard InChI is InChI=1S/C21H26FN5O2/c22-10-3-1-2-6-19(28)26-14-15-7-8-18(26)20(15)24-21(29)17-9-12-27(25-17)16-5-4-11-23-13-16/h4-5,9,11-13,15,18,20H,1-3,6-8,10,14H2,(H,24,29)/t15-,18-,20-/m0/s1. The van der Waals surface area contributed by atoms with Crippen LogP contribution in [0.2, 0.25) is 0 Å². The van der Waals surface area contributed by atoms with Crippen LogP contribution in [0.15, 0.2) is 36.8 Å². The van der Waals surface area contributed by atoms with Gasteiger partial charge in [-0.25, -0.2) is 4.68 Å². The normalized spacial score (nSPS) is 22.8. The second-order valence-corrected chi connectivity index (χ2v) is 7.81. The first-order chi connectivity index (χ1) is 14.2. The molecule has 3 atom stereocenters. The minimum atomic E-state index is -0.326. The van der Waals surface area contributed by atoms with E-state index in [0.29, 0.717) is 31.0 Å². The Morgan fingerprint density at radius 2 is 2.10 bits per heavy atom. The third-order valence-corrected chi connectivity index (χ3v) is 5.96. The van der Waals surface area contributed by atoms with Crippen LogP contribution in [0.5, 0.6) is 0 Å². The molecule has 4 rings (SSSR count). The van der Waals surface area contributed by atoms with Crippen molar-refractivity contribution in [2.75, 3.05) is 13.2 Å². The zero-order valence-corrected chi connectivity index (χ0v) is 16.3. The molecule has 3 heterocycles. The van der Waals surface area contributed by atoms with Crippen molar-refractivity contribution >= 4 is 11.8 Å². The third kappa shape index (κ3) is 4.16. The van der Waals surface area contributed by atoms with Crippen LogP contribution in [0.3, 0.4) is 0 Å². The van der Waals surface area contributed by atoms with Gasteiger partial charge in [0.05, 0.1) is 30.6 Å². The summed E-state index contributed by atoms with van der Waals surface area (Å²) in [6, 6.07) is 5.40. The molecule has 1 saturated heterocycles. The van der Waals surface area contributed by atoms with Gasteiger partial charge in [-0.15, -0.1) is 0 Å². The van der Waals surface area contributed by atoms with Crippen molar-refractivity contribution in [2.45, 2.75) is 50.6 Å². The van der Waals surface area contributed by atoms with E-state index in [2.05, 4.69) is 15.4 Å². The summed E-state index contributed by atoms with van der Waals surface area (Å²) in [7, 11) is 0. The maximum Gasteiger partial charge on any atom is 0.272 e. The highest BCUT2D eigenvalue weighted by molar-refractivity contribution is 5.92. The number of fused-ring (bicyclic) bond motifs is 2. The number of aromatic nitrogens is 3. The number of amides is 2. The molecule has 2 amide bonds. The molecule has 7 nitrogen and oxygen atoms in total. The Morgan fingerprint density at radius 3 is 2.90 bits per heavy atom. The molecule has 2 aliphatic rings. The van der Waals surface area contributed by atoms with Gasteiger partial charge in [0.25, 0.3) is 5.91 Å². The van der Waals surface area contributed by atoms with Crippen molar-refractivity contribution < 1.29 is 14.0 Å². The van der Waals surface area contributed by atoms with Crippen molar-refractivity contribution in [2.24, 2.45) is 5.92 Å². The van der Waals surface area contributed by atoms with Crippen LogP contribution in [0, 0.1) is 5.92 Å². The molecule has 2 aromatic rings. The Bertz CT molecular complexity index is 856. The molecule has 1 aliphatic carbocycles. The van der Waals surface area contributed by atoms with E-state index in [1.165, 1.54) is 0 Å². The Labute approximate surface area is 169 Å². The number of pyridine rings is 1. The Hall–Kier alpha value is -2.77. The van der Waals surface area contributed by atoms with Crippen LogP contribution in [0.4, 0.5) is 4.39 Å². The first-order valence-corrected chi connectivity index (χ1v) is 10.3. The molecule has 1 aliphatic heterocycles. The van der Waals surface area contributed by atoms with Gasteiger partial charge >= 0.3 is 0 Å². The van der Waals surface area contributed by atoms with Crippen molar-refractivity contribution in [1.29, 1.82) is 0 Å². The summed E-state index contributed by atoms with van der Waals surface area (Å²) in [6.07, 6.45) is 9.48. The molecule has 0 unspecified atom stereocenters. The molecule has 1 saturated carbocycles. The first kappa shape index (κ1) is 19.5. The maximum atomic E-state index is 12.7. The van der Waals surface area contributed by atoms with Crippen LogP contribution >= 0.6 is 0 Å². The average Bonchev–Trinajstić information content (AvgIpc) is 3.47. The summed E-state index contributed by atoms with van der Waals surface area (Å²) < 4.78 is 13.8. The molecular weight excluding hydrogens is 373 g/mol. The van der Waals surface area contributed by atoms with Gasteiger partial charge in [0, 0.05) is 25.4 Å². The monoisotopic (exact) mass is 399 g/mol. The van der Waals surface area contributed by atoms with E-state index >= 15 is 0 Å².